The number of aromatic hydroxyl groups is 1. The van der Waals surface area contributed by atoms with Crippen molar-refractivity contribution in [2.75, 3.05) is 20.2 Å². The molecule has 0 aliphatic carbocycles. The van der Waals surface area contributed by atoms with Gasteiger partial charge in [-0.05, 0) is 31.0 Å². The SMILES string of the molecule is COc1ccc(C(=O)N2CCCC(C(=O)O)C2)cc1O. The zero-order valence-electron chi connectivity index (χ0n) is 11.2. The lowest BCUT2D eigenvalue weighted by molar-refractivity contribution is -0.143. The number of ether oxygens (including phenoxy) is 1. The second kappa shape index (κ2) is 5.81. The number of benzene rings is 1. The average Bonchev–Trinajstić information content (AvgIpc) is 2.46. The molecule has 6 heteroatoms. The van der Waals surface area contributed by atoms with Gasteiger partial charge in [0.15, 0.2) is 11.5 Å². The number of hydrogen-bond donors (Lipinski definition) is 2. The van der Waals surface area contributed by atoms with E-state index in [1.807, 2.05) is 0 Å². The van der Waals surface area contributed by atoms with Gasteiger partial charge < -0.3 is 19.8 Å². The van der Waals surface area contributed by atoms with Crippen LogP contribution in [0.25, 0.3) is 0 Å². The summed E-state index contributed by atoms with van der Waals surface area (Å²) in [6.45, 7) is 0.746. The Morgan fingerprint density at radius 2 is 2.15 bits per heavy atom. The summed E-state index contributed by atoms with van der Waals surface area (Å²) in [6, 6.07) is 4.41. The number of phenolic OH excluding ortho intramolecular Hbond substituents is 1. The molecule has 0 saturated carbocycles. The van der Waals surface area contributed by atoms with Gasteiger partial charge in [-0.15, -0.1) is 0 Å². The molecular weight excluding hydrogens is 262 g/mol. The van der Waals surface area contributed by atoms with E-state index in [9.17, 15) is 14.7 Å². The molecule has 1 atom stereocenters. The first-order chi connectivity index (χ1) is 9.52. The van der Waals surface area contributed by atoms with Crippen molar-refractivity contribution in [2.45, 2.75) is 12.8 Å². The van der Waals surface area contributed by atoms with Crippen LogP contribution in [0.1, 0.15) is 23.2 Å². The number of methoxy groups -OCH3 is 1. The van der Waals surface area contributed by atoms with Gasteiger partial charge in [0, 0.05) is 18.7 Å². The van der Waals surface area contributed by atoms with E-state index in [-0.39, 0.29) is 18.2 Å². The van der Waals surface area contributed by atoms with Crippen LogP contribution >= 0.6 is 0 Å². The Balaban J connectivity index is 2.14. The van der Waals surface area contributed by atoms with Crippen LogP contribution in [0.3, 0.4) is 0 Å². The third kappa shape index (κ3) is 2.84. The molecular formula is C14H17NO5. The number of carboxylic acids is 1. The molecule has 1 amide bonds. The van der Waals surface area contributed by atoms with Crippen molar-refractivity contribution in [1.29, 1.82) is 0 Å². The number of rotatable bonds is 3. The minimum Gasteiger partial charge on any atom is -0.504 e. The summed E-state index contributed by atoms with van der Waals surface area (Å²) < 4.78 is 4.92. The molecule has 2 rings (SSSR count). The third-order valence-electron chi connectivity index (χ3n) is 3.48. The zero-order valence-corrected chi connectivity index (χ0v) is 11.2. The van der Waals surface area contributed by atoms with Crippen LogP contribution in [-0.4, -0.2) is 47.2 Å². The van der Waals surface area contributed by atoms with Crippen molar-refractivity contribution in [3.63, 3.8) is 0 Å². The van der Waals surface area contributed by atoms with Gasteiger partial charge in [-0.3, -0.25) is 9.59 Å². The molecule has 108 valence electrons. The number of carboxylic acid groups (broad SMARTS) is 1. The fraction of sp³-hybridized carbons (Fsp3) is 0.429. The Labute approximate surface area is 116 Å². The molecule has 1 saturated heterocycles. The molecule has 0 aromatic heterocycles. The van der Waals surface area contributed by atoms with Crippen LogP contribution in [0.5, 0.6) is 11.5 Å². The van der Waals surface area contributed by atoms with Crippen molar-refractivity contribution in [3.05, 3.63) is 23.8 Å². The number of nitrogens with zero attached hydrogens (tertiary/aromatic N) is 1. The molecule has 6 nitrogen and oxygen atoms in total. The minimum atomic E-state index is -0.875. The van der Waals surface area contributed by atoms with E-state index in [4.69, 9.17) is 9.84 Å². The summed E-state index contributed by atoms with van der Waals surface area (Å²) in [5, 5.41) is 18.7. The van der Waals surface area contributed by atoms with Crippen LogP contribution < -0.4 is 4.74 Å². The van der Waals surface area contributed by atoms with E-state index in [1.54, 1.807) is 6.07 Å². The zero-order chi connectivity index (χ0) is 14.7. The smallest absolute Gasteiger partial charge is 0.308 e. The normalized spacial score (nSPS) is 18.6. The lowest BCUT2D eigenvalue weighted by Crippen LogP contribution is -2.42. The second-order valence-corrected chi connectivity index (χ2v) is 4.82. The summed E-state index contributed by atoms with van der Waals surface area (Å²) in [6.07, 6.45) is 1.26. The van der Waals surface area contributed by atoms with E-state index < -0.39 is 11.9 Å². The average molecular weight is 279 g/mol. The summed E-state index contributed by atoms with van der Waals surface area (Å²) in [7, 11) is 1.43. The number of hydrogen-bond acceptors (Lipinski definition) is 4. The topological polar surface area (TPSA) is 87.1 Å². The molecule has 1 aliphatic heterocycles. The highest BCUT2D eigenvalue weighted by molar-refractivity contribution is 5.95. The molecule has 2 N–H and O–H groups in total. The van der Waals surface area contributed by atoms with E-state index in [1.165, 1.54) is 24.1 Å². The minimum absolute atomic E-state index is 0.106. The largest absolute Gasteiger partial charge is 0.504 e. The van der Waals surface area contributed by atoms with Gasteiger partial charge in [0.1, 0.15) is 0 Å². The van der Waals surface area contributed by atoms with Crippen molar-refractivity contribution in [3.8, 4) is 11.5 Å². The maximum absolute atomic E-state index is 12.3. The Kier molecular flexibility index (Phi) is 4.12. The van der Waals surface area contributed by atoms with Gasteiger partial charge in [0.25, 0.3) is 5.91 Å². The summed E-state index contributed by atoms with van der Waals surface area (Å²) in [5.41, 5.74) is 0.328. The third-order valence-corrected chi connectivity index (χ3v) is 3.48. The Hall–Kier alpha value is -2.24. The monoisotopic (exact) mass is 279 g/mol. The molecule has 1 aromatic rings. The first kappa shape index (κ1) is 14.2. The second-order valence-electron chi connectivity index (χ2n) is 4.82. The van der Waals surface area contributed by atoms with E-state index in [0.717, 1.165) is 0 Å². The van der Waals surface area contributed by atoms with Gasteiger partial charge >= 0.3 is 5.97 Å². The van der Waals surface area contributed by atoms with Gasteiger partial charge in [0.05, 0.1) is 13.0 Å². The number of carbonyl (C=O) groups excluding carboxylic acids is 1. The van der Waals surface area contributed by atoms with Crippen molar-refractivity contribution in [2.24, 2.45) is 5.92 Å². The first-order valence-electron chi connectivity index (χ1n) is 6.42. The quantitative estimate of drug-likeness (QED) is 0.871. The molecule has 0 radical (unpaired) electrons. The van der Waals surface area contributed by atoms with Gasteiger partial charge in [-0.2, -0.15) is 0 Å². The van der Waals surface area contributed by atoms with E-state index in [0.29, 0.717) is 30.7 Å². The molecule has 1 aromatic carbocycles. The number of phenols is 1. The lowest BCUT2D eigenvalue weighted by atomic mass is 9.97. The highest BCUT2D eigenvalue weighted by Crippen LogP contribution is 2.27. The fourth-order valence-electron chi connectivity index (χ4n) is 2.37. The summed E-state index contributed by atoms with van der Waals surface area (Å²) in [4.78, 5) is 24.8. The van der Waals surface area contributed by atoms with E-state index >= 15 is 0 Å². The molecule has 0 bridgehead atoms. The maximum atomic E-state index is 12.3. The fourth-order valence-corrected chi connectivity index (χ4v) is 2.37. The number of aliphatic carboxylic acids is 1. The first-order valence-corrected chi connectivity index (χ1v) is 6.42. The van der Waals surface area contributed by atoms with Gasteiger partial charge in [-0.25, -0.2) is 0 Å². The summed E-state index contributed by atoms with van der Waals surface area (Å²) >= 11 is 0. The Morgan fingerprint density at radius 1 is 1.40 bits per heavy atom. The van der Waals surface area contributed by atoms with Crippen LogP contribution in [0.15, 0.2) is 18.2 Å². The molecule has 1 unspecified atom stereocenters. The highest BCUT2D eigenvalue weighted by Gasteiger charge is 2.28. The number of piperidine rings is 1. The van der Waals surface area contributed by atoms with Gasteiger partial charge in [0.2, 0.25) is 0 Å². The Bertz CT molecular complexity index is 528. The molecule has 0 spiro atoms. The highest BCUT2D eigenvalue weighted by atomic mass is 16.5. The predicted octanol–water partition coefficient (Wildman–Crippen LogP) is 1.34. The van der Waals surface area contributed by atoms with Crippen molar-refractivity contribution < 1.29 is 24.5 Å². The lowest BCUT2D eigenvalue weighted by Gasteiger charge is -2.30. The van der Waals surface area contributed by atoms with Crippen molar-refractivity contribution in [1.82, 2.24) is 4.90 Å². The maximum Gasteiger partial charge on any atom is 0.308 e. The van der Waals surface area contributed by atoms with Crippen molar-refractivity contribution >= 4 is 11.9 Å². The van der Waals surface area contributed by atoms with Crippen LogP contribution in [0, 0.1) is 5.92 Å². The standard InChI is InChI=1S/C14H17NO5/c1-20-12-5-4-9(7-11(12)16)13(17)15-6-2-3-10(8-15)14(18)19/h4-5,7,10,16H,2-3,6,8H2,1H3,(H,18,19). The van der Waals surface area contributed by atoms with E-state index in [2.05, 4.69) is 0 Å². The van der Waals surface area contributed by atoms with Crippen LogP contribution in [-0.2, 0) is 4.79 Å². The van der Waals surface area contributed by atoms with Crippen LogP contribution in [0.2, 0.25) is 0 Å². The summed E-state index contributed by atoms with van der Waals surface area (Å²) in [5.74, 6) is -1.47. The number of carbonyl (C=O) groups is 2. The number of amides is 1. The molecule has 1 aliphatic rings. The Morgan fingerprint density at radius 3 is 2.75 bits per heavy atom. The van der Waals surface area contributed by atoms with Crippen LogP contribution in [0.4, 0.5) is 0 Å². The number of likely N-dealkylation sites (tertiary alicyclic amines) is 1. The molecule has 20 heavy (non-hydrogen) atoms. The predicted molar refractivity (Wildman–Crippen MR) is 70.9 cm³/mol. The molecule has 1 heterocycles. The van der Waals surface area contributed by atoms with Gasteiger partial charge in [-0.1, -0.05) is 0 Å². The molecule has 1 fully saturated rings.